The van der Waals surface area contributed by atoms with Gasteiger partial charge in [-0.05, 0) is 0 Å². The molecule has 0 aromatic heterocycles. The van der Waals surface area contributed by atoms with Gasteiger partial charge in [-0.2, -0.15) is 0 Å². The Morgan fingerprint density at radius 3 is 2.60 bits per heavy atom. The first-order valence-electron chi connectivity index (χ1n) is 1.30. The highest BCUT2D eigenvalue weighted by Crippen LogP contribution is 1.60. The van der Waals surface area contributed by atoms with E-state index in [0.717, 1.165) is 0 Å². The first kappa shape index (κ1) is 4.52. The average Bonchev–Trinajstić information content (AvgIpc) is 1.41. The van der Waals surface area contributed by atoms with Crippen LogP contribution in [-0.2, 0) is 0 Å². The molecule has 0 spiro atoms. The van der Waals surface area contributed by atoms with Gasteiger partial charge >= 0.3 is 0 Å². The maximum Gasteiger partial charge on any atom is 0.0591 e. The van der Waals surface area contributed by atoms with Crippen molar-refractivity contribution in [3.63, 3.8) is 0 Å². The molecule has 1 N–H and O–H groups in total. The van der Waals surface area contributed by atoms with Crippen LogP contribution in [-0.4, -0.2) is 11.7 Å². The standard InChI is InChI=1S/C4H5O/c1-2-3-4-5/h1,3,5H,4H2. The number of hydrogen-bond acceptors (Lipinski definition) is 1. The van der Waals surface area contributed by atoms with Crippen LogP contribution in [0, 0.1) is 18.8 Å². The lowest BCUT2D eigenvalue weighted by molar-refractivity contribution is 0.333. The van der Waals surface area contributed by atoms with E-state index in [1.54, 1.807) is 0 Å². The molecule has 1 radical (unpaired) electrons. The van der Waals surface area contributed by atoms with E-state index in [9.17, 15) is 0 Å². The maximum absolute atomic E-state index is 7.87. The van der Waals surface area contributed by atoms with Gasteiger partial charge in [0.05, 0.1) is 13.0 Å². The van der Waals surface area contributed by atoms with Crippen molar-refractivity contribution in [3.8, 4) is 12.3 Å². The smallest absolute Gasteiger partial charge is 0.0591 e. The molecule has 0 aliphatic carbocycles. The minimum absolute atomic E-state index is 0.0174. The molecular weight excluding hydrogens is 64.0 g/mol. The van der Waals surface area contributed by atoms with E-state index >= 15 is 0 Å². The van der Waals surface area contributed by atoms with Gasteiger partial charge in [-0.3, -0.25) is 0 Å². The summed E-state index contributed by atoms with van der Waals surface area (Å²) in [7, 11) is 0. The van der Waals surface area contributed by atoms with Crippen LogP contribution in [0.25, 0.3) is 0 Å². The summed E-state index contributed by atoms with van der Waals surface area (Å²) in [6.45, 7) is -0.0174. The van der Waals surface area contributed by atoms with E-state index < -0.39 is 0 Å². The third-order valence-corrected chi connectivity index (χ3v) is 0.209. The van der Waals surface area contributed by atoms with E-state index in [1.807, 2.05) is 0 Å². The predicted octanol–water partition coefficient (Wildman–Crippen LogP) is -0.184. The minimum atomic E-state index is -0.0174. The largest absolute Gasteiger partial charge is 0.395 e. The summed E-state index contributed by atoms with van der Waals surface area (Å²) in [5.41, 5.74) is 0. The predicted molar refractivity (Wildman–Crippen MR) is 20.2 cm³/mol. The summed E-state index contributed by atoms with van der Waals surface area (Å²) in [5, 5.41) is 7.87. The first-order valence-corrected chi connectivity index (χ1v) is 1.30. The van der Waals surface area contributed by atoms with Crippen LogP contribution < -0.4 is 0 Å². The SMILES string of the molecule is C#C[CH]CO. The molecule has 1 nitrogen and oxygen atoms in total. The molecule has 1 heteroatoms. The van der Waals surface area contributed by atoms with Crippen molar-refractivity contribution in [2.75, 3.05) is 6.61 Å². The summed E-state index contributed by atoms with van der Waals surface area (Å²) in [5.74, 6) is 2.14. The Balaban J connectivity index is 2.48. The Morgan fingerprint density at radius 1 is 2.00 bits per heavy atom. The molecule has 0 rings (SSSR count). The van der Waals surface area contributed by atoms with Crippen LogP contribution in [0.1, 0.15) is 0 Å². The third kappa shape index (κ3) is 3.52. The fourth-order valence-corrected chi connectivity index (χ4v) is 0.0527. The summed E-state index contributed by atoms with van der Waals surface area (Å²) in [6.07, 6.45) is 6.01. The molecule has 0 aromatic rings. The van der Waals surface area contributed by atoms with Crippen molar-refractivity contribution in [1.29, 1.82) is 0 Å². The fourth-order valence-electron chi connectivity index (χ4n) is 0.0527. The van der Waals surface area contributed by atoms with Crippen molar-refractivity contribution in [3.05, 3.63) is 6.42 Å². The Bertz CT molecular complexity index is 42.1. The fraction of sp³-hybridized carbons (Fsp3) is 0.250. The van der Waals surface area contributed by atoms with Crippen LogP contribution in [0.15, 0.2) is 0 Å². The second kappa shape index (κ2) is 3.52. The van der Waals surface area contributed by atoms with E-state index in [2.05, 4.69) is 12.3 Å². The Hall–Kier alpha value is -0.480. The lowest BCUT2D eigenvalue weighted by atomic mass is 10.5. The van der Waals surface area contributed by atoms with Crippen molar-refractivity contribution < 1.29 is 5.11 Å². The molecule has 0 aromatic carbocycles. The molecule has 0 fully saturated rings. The molecule has 0 aliphatic rings. The summed E-state index contributed by atoms with van der Waals surface area (Å²) in [6, 6.07) is 0. The highest BCUT2D eigenvalue weighted by molar-refractivity contribution is 4.99. The number of aliphatic hydroxyl groups excluding tert-OH is 1. The second-order valence-corrected chi connectivity index (χ2v) is 0.553. The van der Waals surface area contributed by atoms with Crippen LogP contribution in [0.3, 0.4) is 0 Å². The zero-order valence-electron chi connectivity index (χ0n) is 2.81. The Kier molecular flexibility index (Phi) is 3.18. The number of aliphatic hydroxyl groups is 1. The molecule has 0 atom stereocenters. The van der Waals surface area contributed by atoms with Gasteiger partial charge in [0.1, 0.15) is 0 Å². The van der Waals surface area contributed by atoms with E-state index in [1.165, 1.54) is 6.42 Å². The second-order valence-electron chi connectivity index (χ2n) is 0.553. The molecule has 0 amide bonds. The van der Waals surface area contributed by atoms with Gasteiger partial charge in [0.15, 0.2) is 0 Å². The molecule has 0 bridgehead atoms. The zero-order chi connectivity index (χ0) is 4.12. The van der Waals surface area contributed by atoms with Crippen molar-refractivity contribution in [2.24, 2.45) is 0 Å². The van der Waals surface area contributed by atoms with Gasteiger partial charge in [0, 0.05) is 0 Å². The number of hydrogen-bond donors (Lipinski definition) is 1. The molecule has 27 valence electrons. The van der Waals surface area contributed by atoms with Crippen molar-refractivity contribution in [1.82, 2.24) is 0 Å². The molecule has 5 heavy (non-hydrogen) atoms. The van der Waals surface area contributed by atoms with E-state index in [0.29, 0.717) is 0 Å². The normalized spacial score (nSPS) is 6.40. The molecule has 0 saturated heterocycles. The Labute approximate surface area is 31.6 Å². The van der Waals surface area contributed by atoms with E-state index in [-0.39, 0.29) is 6.61 Å². The van der Waals surface area contributed by atoms with Gasteiger partial charge < -0.3 is 5.11 Å². The highest BCUT2D eigenvalue weighted by atomic mass is 16.2. The monoisotopic (exact) mass is 69.0 g/mol. The van der Waals surface area contributed by atoms with E-state index in [4.69, 9.17) is 5.11 Å². The van der Waals surface area contributed by atoms with Crippen LogP contribution >= 0.6 is 0 Å². The minimum Gasteiger partial charge on any atom is -0.395 e. The van der Waals surface area contributed by atoms with Crippen LogP contribution in [0.5, 0.6) is 0 Å². The number of terminal acetylenes is 1. The lowest BCUT2D eigenvalue weighted by Gasteiger charge is -1.69. The highest BCUT2D eigenvalue weighted by Gasteiger charge is 1.63. The van der Waals surface area contributed by atoms with Crippen LogP contribution in [0.4, 0.5) is 0 Å². The topological polar surface area (TPSA) is 20.2 Å². The van der Waals surface area contributed by atoms with Crippen molar-refractivity contribution in [2.45, 2.75) is 0 Å². The summed E-state index contributed by atoms with van der Waals surface area (Å²) in [4.78, 5) is 0. The Morgan fingerprint density at radius 2 is 2.60 bits per heavy atom. The maximum atomic E-state index is 7.87. The van der Waals surface area contributed by atoms with Gasteiger partial charge in [0.2, 0.25) is 0 Å². The average molecular weight is 69.1 g/mol. The first-order chi connectivity index (χ1) is 2.41. The van der Waals surface area contributed by atoms with Crippen molar-refractivity contribution >= 4 is 0 Å². The molecule has 0 heterocycles. The van der Waals surface area contributed by atoms with Gasteiger partial charge in [-0.15, -0.1) is 6.42 Å². The molecule has 0 unspecified atom stereocenters. The zero-order valence-corrected chi connectivity index (χ0v) is 2.81. The number of rotatable bonds is 1. The molecular formula is C4H5O. The summed E-state index contributed by atoms with van der Waals surface area (Å²) >= 11 is 0. The van der Waals surface area contributed by atoms with Gasteiger partial charge in [0.25, 0.3) is 0 Å². The van der Waals surface area contributed by atoms with Crippen LogP contribution in [0.2, 0.25) is 0 Å². The molecule has 0 aliphatic heterocycles. The third-order valence-electron chi connectivity index (χ3n) is 0.209. The van der Waals surface area contributed by atoms with Gasteiger partial charge in [-0.25, -0.2) is 0 Å². The van der Waals surface area contributed by atoms with Gasteiger partial charge in [-0.1, -0.05) is 5.92 Å². The molecule has 0 saturated carbocycles. The summed E-state index contributed by atoms with van der Waals surface area (Å²) < 4.78 is 0. The lowest BCUT2D eigenvalue weighted by Crippen LogP contribution is -1.74. The quantitative estimate of drug-likeness (QED) is 0.423.